The molecular formula is C37H39ClN6O4. The van der Waals surface area contributed by atoms with E-state index in [1.807, 2.05) is 65.0 Å². The molecule has 0 aliphatic carbocycles. The van der Waals surface area contributed by atoms with Crippen molar-refractivity contribution in [2.75, 3.05) is 26.2 Å². The fourth-order valence-electron chi connectivity index (χ4n) is 7.28. The highest BCUT2D eigenvalue weighted by atomic mass is 35.5. The van der Waals surface area contributed by atoms with Crippen molar-refractivity contribution in [1.82, 2.24) is 28.7 Å². The van der Waals surface area contributed by atoms with E-state index in [4.69, 9.17) is 16.7 Å². The van der Waals surface area contributed by atoms with Crippen molar-refractivity contribution in [3.63, 3.8) is 0 Å². The van der Waals surface area contributed by atoms with Crippen molar-refractivity contribution in [2.45, 2.75) is 58.3 Å². The van der Waals surface area contributed by atoms with Crippen LogP contribution in [0.2, 0.25) is 5.02 Å². The first-order chi connectivity index (χ1) is 23.2. The zero-order valence-corrected chi connectivity index (χ0v) is 27.9. The Labute approximate surface area is 283 Å². The Balaban J connectivity index is 1.06. The fraction of sp³-hybridized carbons (Fsp3) is 0.351. The Morgan fingerprint density at radius 3 is 2.38 bits per heavy atom. The first-order valence-electron chi connectivity index (χ1n) is 16.5. The first kappa shape index (κ1) is 32.1. The Bertz CT molecular complexity index is 2060. The number of hydrogen-bond donors (Lipinski definition) is 1. The van der Waals surface area contributed by atoms with E-state index in [-0.39, 0.29) is 23.5 Å². The number of nitrogens with zero attached hydrogens (tertiary/aromatic N) is 6. The highest BCUT2D eigenvalue weighted by molar-refractivity contribution is 6.31. The average Bonchev–Trinajstić information content (AvgIpc) is 3.60. The van der Waals surface area contributed by atoms with E-state index in [0.29, 0.717) is 61.8 Å². The van der Waals surface area contributed by atoms with Gasteiger partial charge in [-0.15, -0.1) is 0 Å². The lowest BCUT2D eigenvalue weighted by Gasteiger charge is -2.33. The summed E-state index contributed by atoms with van der Waals surface area (Å²) in [5, 5.41) is 17.0. The molecule has 10 nitrogen and oxygen atoms in total. The van der Waals surface area contributed by atoms with Gasteiger partial charge in [-0.3, -0.25) is 18.8 Å². The number of aliphatic hydroxyl groups excluding tert-OH is 1. The number of aromatic nitrogens is 4. The molecule has 1 fully saturated rings. The molecule has 4 heterocycles. The molecule has 1 N–H and O–H groups in total. The van der Waals surface area contributed by atoms with Gasteiger partial charge in [-0.05, 0) is 61.7 Å². The van der Waals surface area contributed by atoms with E-state index in [0.717, 1.165) is 46.4 Å². The molecule has 0 bridgehead atoms. The molecule has 0 spiro atoms. The number of amides is 1. The number of β-amino-alcohol motifs (C(OH)–C–C–N with tert-alkyl or cyclic N) is 1. The Morgan fingerprint density at radius 1 is 0.958 bits per heavy atom. The van der Waals surface area contributed by atoms with Crippen LogP contribution < -0.4 is 5.69 Å². The quantitative estimate of drug-likeness (QED) is 0.265. The summed E-state index contributed by atoms with van der Waals surface area (Å²) in [6.07, 6.45) is 1.45. The number of fused-ring (bicyclic) bond motifs is 2. The number of carbonyl (C=O) groups excluding carboxylic acids is 2. The summed E-state index contributed by atoms with van der Waals surface area (Å²) in [6.45, 7) is 6.88. The minimum Gasteiger partial charge on any atom is -0.390 e. The lowest BCUT2D eigenvalue weighted by molar-refractivity contribution is -0.129. The topological polar surface area (TPSA) is 106 Å². The lowest BCUT2D eigenvalue weighted by atomic mass is 9.99. The number of hydrogen-bond acceptors (Lipinski definition) is 6. The molecule has 11 heteroatoms. The molecule has 0 saturated carbocycles. The molecule has 1 atom stereocenters. The lowest BCUT2D eigenvalue weighted by Crippen LogP contribution is -2.42. The summed E-state index contributed by atoms with van der Waals surface area (Å²) in [4.78, 5) is 43.5. The van der Waals surface area contributed by atoms with E-state index in [1.54, 1.807) is 35.8 Å². The van der Waals surface area contributed by atoms with E-state index < -0.39 is 6.10 Å². The van der Waals surface area contributed by atoms with Crippen molar-refractivity contribution in [1.29, 1.82) is 0 Å². The van der Waals surface area contributed by atoms with Crippen LogP contribution in [-0.2, 0) is 24.3 Å². The van der Waals surface area contributed by atoms with Gasteiger partial charge in [-0.25, -0.2) is 9.36 Å². The highest BCUT2D eigenvalue weighted by Gasteiger charge is 2.30. The standard InChI is InChI=1S/C37H39ClN6O4/c1-24-20-27(12-13-31(24)38)35-30-23-41(25(2)45)19-16-32(30)42(39-35)22-29(46)21-40-17-14-28(15-18-40)43-33-10-6-7-11-34(33)44(37(43)48)36(47)26-8-4-3-5-9-26/h3-13,20,28-29,46H,14-19,21-23H2,1-2H3. The minimum absolute atomic E-state index is 0.0321. The second-order valence-electron chi connectivity index (χ2n) is 12.9. The summed E-state index contributed by atoms with van der Waals surface area (Å²) >= 11 is 6.31. The maximum Gasteiger partial charge on any atom is 0.336 e. The number of rotatable bonds is 7. The molecule has 3 aromatic carbocycles. The molecule has 2 aliphatic heterocycles. The van der Waals surface area contributed by atoms with Crippen molar-refractivity contribution in [2.24, 2.45) is 0 Å². The number of benzene rings is 3. The molecule has 0 radical (unpaired) electrons. The molecule has 1 unspecified atom stereocenters. The largest absolute Gasteiger partial charge is 0.390 e. The Morgan fingerprint density at radius 2 is 1.67 bits per heavy atom. The monoisotopic (exact) mass is 666 g/mol. The van der Waals surface area contributed by atoms with E-state index in [9.17, 15) is 19.5 Å². The van der Waals surface area contributed by atoms with Crippen LogP contribution in [0.25, 0.3) is 22.3 Å². The maximum atomic E-state index is 13.8. The van der Waals surface area contributed by atoms with Gasteiger partial charge in [0.25, 0.3) is 5.91 Å². The summed E-state index contributed by atoms with van der Waals surface area (Å²) in [6, 6.07) is 22.1. The zero-order valence-electron chi connectivity index (χ0n) is 27.2. The van der Waals surface area contributed by atoms with Gasteiger partial charge < -0.3 is 14.9 Å². The smallest absolute Gasteiger partial charge is 0.336 e. The number of carbonyl (C=O) groups is 2. The van der Waals surface area contributed by atoms with Crippen LogP contribution in [0.4, 0.5) is 0 Å². The van der Waals surface area contributed by atoms with Crippen molar-refractivity contribution in [3.05, 3.63) is 111 Å². The average molecular weight is 667 g/mol. The van der Waals surface area contributed by atoms with Crippen molar-refractivity contribution < 1.29 is 14.7 Å². The van der Waals surface area contributed by atoms with Gasteiger partial charge in [0.05, 0.1) is 29.4 Å². The van der Waals surface area contributed by atoms with Crippen LogP contribution in [0, 0.1) is 6.92 Å². The molecular weight excluding hydrogens is 628 g/mol. The number of imidazole rings is 1. The number of halogens is 1. The highest BCUT2D eigenvalue weighted by Crippen LogP contribution is 2.33. The zero-order chi connectivity index (χ0) is 33.5. The second-order valence-corrected chi connectivity index (χ2v) is 13.4. The van der Waals surface area contributed by atoms with Gasteiger partial charge >= 0.3 is 5.69 Å². The Hall–Kier alpha value is -4.51. The van der Waals surface area contributed by atoms with Crippen LogP contribution in [0.1, 0.15) is 53.0 Å². The van der Waals surface area contributed by atoms with Gasteiger partial charge in [0.1, 0.15) is 0 Å². The molecule has 1 saturated heterocycles. The third kappa shape index (κ3) is 6.00. The molecule has 2 aromatic heterocycles. The van der Waals surface area contributed by atoms with Crippen molar-refractivity contribution in [3.8, 4) is 11.3 Å². The number of aryl methyl sites for hydroxylation is 1. The SMILES string of the molecule is CC(=O)N1CCc2c(c(-c3ccc(Cl)c(C)c3)nn2CC(O)CN2CCC(n3c(=O)n(C(=O)c4ccccc4)c4ccccc43)CC2)C1. The summed E-state index contributed by atoms with van der Waals surface area (Å²) in [5.74, 6) is -0.301. The third-order valence-electron chi connectivity index (χ3n) is 9.79. The molecule has 48 heavy (non-hydrogen) atoms. The normalized spacial score (nSPS) is 16.3. The maximum absolute atomic E-state index is 13.8. The van der Waals surface area contributed by atoms with Crippen LogP contribution >= 0.6 is 11.6 Å². The molecule has 7 rings (SSSR count). The van der Waals surface area contributed by atoms with Crippen LogP contribution in [0.5, 0.6) is 0 Å². The van der Waals surface area contributed by atoms with Gasteiger partial charge in [-0.2, -0.15) is 5.10 Å². The first-order valence-corrected chi connectivity index (χ1v) is 16.9. The van der Waals surface area contributed by atoms with Crippen LogP contribution in [0.15, 0.2) is 77.6 Å². The van der Waals surface area contributed by atoms with Gasteiger partial charge in [-0.1, -0.05) is 48.0 Å². The van der Waals surface area contributed by atoms with Gasteiger partial charge in [0, 0.05) is 79.5 Å². The molecule has 248 valence electrons. The minimum atomic E-state index is -0.663. The number of piperidine rings is 1. The fourth-order valence-corrected chi connectivity index (χ4v) is 7.40. The van der Waals surface area contributed by atoms with Gasteiger partial charge in [0.15, 0.2) is 0 Å². The third-order valence-corrected chi connectivity index (χ3v) is 10.2. The van der Waals surface area contributed by atoms with Crippen LogP contribution in [0.3, 0.4) is 0 Å². The predicted octanol–water partition coefficient (Wildman–Crippen LogP) is 4.92. The number of aliphatic hydroxyl groups is 1. The molecule has 2 aliphatic rings. The summed E-state index contributed by atoms with van der Waals surface area (Å²) in [7, 11) is 0. The summed E-state index contributed by atoms with van der Waals surface area (Å²) < 4.78 is 4.99. The predicted molar refractivity (Wildman–Crippen MR) is 185 cm³/mol. The number of likely N-dealkylation sites (tertiary alicyclic amines) is 1. The van der Waals surface area contributed by atoms with Gasteiger partial charge in [0.2, 0.25) is 5.91 Å². The van der Waals surface area contributed by atoms with Crippen molar-refractivity contribution >= 4 is 34.4 Å². The van der Waals surface area contributed by atoms with Crippen LogP contribution in [-0.4, -0.2) is 77.9 Å². The second kappa shape index (κ2) is 13.2. The summed E-state index contributed by atoms with van der Waals surface area (Å²) in [5.41, 5.74) is 6.29. The Kier molecular flexibility index (Phi) is 8.80. The van der Waals surface area contributed by atoms with E-state index >= 15 is 0 Å². The van der Waals surface area contributed by atoms with E-state index in [2.05, 4.69) is 4.90 Å². The number of para-hydroxylation sites is 2. The van der Waals surface area contributed by atoms with E-state index in [1.165, 1.54) is 4.57 Å². The molecule has 5 aromatic rings. The molecule has 1 amide bonds.